The van der Waals surface area contributed by atoms with Crippen molar-refractivity contribution in [3.05, 3.63) is 34.9 Å². The first-order valence-corrected chi connectivity index (χ1v) is 9.83. The Kier molecular flexibility index (Phi) is 11.2. The van der Waals surface area contributed by atoms with E-state index in [0.29, 0.717) is 11.5 Å². The Labute approximate surface area is 157 Å². The predicted octanol–water partition coefficient (Wildman–Crippen LogP) is 5.88. The highest BCUT2D eigenvalue weighted by Gasteiger charge is 2.27. The fourth-order valence-corrected chi connectivity index (χ4v) is 3.22. The van der Waals surface area contributed by atoms with Gasteiger partial charge in [0.2, 0.25) is 5.78 Å². The van der Waals surface area contributed by atoms with E-state index in [1.165, 1.54) is 26.4 Å². The SMILES string of the molecule is CCCCC/C=C/C=C1\C(=O)C(Cl)=CC1CCCCCCC(=O)OC. The van der Waals surface area contributed by atoms with E-state index in [9.17, 15) is 9.59 Å². The number of carbonyl (C=O) groups excluding carboxylic acids is 2. The minimum Gasteiger partial charge on any atom is -0.469 e. The van der Waals surface area contributed by atoms with Crippen molar-refractivity contribution in [2.24, 2.45) is 5.92 Å². The summed E-state index contributed by atoms with van der Waals surface area (Å²) in [6.07, 6.45) is 18.0. The smallest absolute Gasteiger partial charge is 0.305 e. The molecule has 0 aromatic rings. The van der Waals surface area contributed by atoms with E-state index in [4.69, 9.17) is 11.6 Å². The van der Waals surface area contributed by atoms with Gasteiger partial charge in [0.25, 0.3) is 0 Å². The molecule has 1 atom stereocenters. The van der Waals surface area contributed by atoms with E-state index < -0.39 is 0 Å². The summed E-state index contributed by atoms with van der Waals surface area (Å²) in [4.78, 5) is 23.2. The maximum Gasteiger partial charge on any atom is 0.305 e. The van der Waals surface area contributed by atoms with Crippen LogP contribution in [0.15, 0.2) is 34.9 Å². The number of halogens is 1. The van der Waals surface area contributed by atoms with Crippen molar-refractivity contribution in [3.8, 4) is 0 Å². The maximum atomic E-state index is 12.2. The predicted molar refractivity (Wildman–Crippen MR) is 104 cm³/mol. The van der Waals surface area contributed by atoms with Crippen LogP contribution in [-0.2, 0) is 14.3 Å². The molecular weight excluding hydrogens is 336 g/mol. The standard InChI is InChI=1S/C21H31ClO3/c1-3-4-5-6-7-11-14-18-17(16-19(22)21(18)24)13-10-8-9-12-15-20(23)25-2/h7,11,14,16-17H,3-6,8-10,12-13,15H2,1-2H3/b11-7+,18-14-. The van der Waals surface area contributed by atoms with E-state index in [1.54, 1.807) is 0 Å². The number of allylic oxidation sites excluding steroid dienone is 6. The van der Waals surface area contributed by atoms with Crippen molar-refractivity contribution in [3.63, 3.8) is 0 Å². The molecule has 1 rings (SSSR count). The third kappa shape index (κ3) is 8.53. The molecule has 0 aromatic carbocycles. The summed E-state index contributed by atoms with van der Waals surface area (Å²) in [5.74, 6) is -0.0523. The molecule has 4 heteroatoms. The molecular formula is C21H31ClO3. The lowest BCUT2D eigenvalue weighted by atomic mass is 9.94. The van der Waals surface area contributed by atoms with Crippen LogP contribution in [0.4, 0.5) is 0 Å². The Morgan fingerprint density at radius 1 is 1.20 bits per heavy atom. The number of ketones is 1. The fourth-order valence-electron chi connectivity index (χ4n) is 2.96. The first-order chi connectivity index (χ1) is 12.1. The highest BCUT2D eigenvalue weighted by atomic mass is 35.5. The molecule has 0 aliphatic heterocycles. The lowest BCUT2D eigenvalue weighted by molar-refractivity contribution is -0.140. The lowest BCUT2D eigenvalue weighted by Gasteiger charge is -2.09. The van der Waals surface area contributed by atoms with Crippen molar-refractivity contribution >= 4 is 23.4 Å². The summed E-state index contributed by atoms with van der Waals surface area (Å²) in [5, 5.41) is 0.348. The van der Waals surface area contributed by atoms with Gasteiger partial charge >= 0.3 is 5.97 Å². The van der Waals surface area contributed by atoms with Crippen LogP contribution >= 0.6 is 11.6 Å². The van der Waals surface area contributed by atoms with Crippen LogP contribution in [0.2, 0.25) is 0 Å². The molecule has 0 bridgehead atoms. The number of carbonyl (C=O) groups is 2. The van der Waals surface area contributed by atoms with Gasteiger partial charge in [0.1, 0.15) is 0 Å². The summed E-state index contributed by atoms with van der Waals surface area (Å²) in [6, 6.07) is 0. The zero-order valence-corrected chi connectivity index (χ0v) is 16.3. The minimum absolute atomic E-state index is 0.0319. The van der Waals surface area contributed by atoms with Crippen LogP contribution in [0.25, 0.3) is 0 Å². The van der Waals surface area contributed by atoms with Crippen molar-refractivity contribution in [1.82, 2.24) is 0 Å². The molecule has 0 heterocycles. The molecule has 0 saturated heterocycles. The number of methoxy groups -OCH3 is 1. The Morgan fingerprint density at radius 2 is 1.96 bits per heavy atom. The van der Waals surface area contributed by atoms with E-state index in [0.717, 1.165) is 44.1 Å². The topological polar surface area (TPSA) is 43.4 Å². The summed E-state index contributed by atoms with van der Waals surface area (Å²) in [6.45, 7) is 2.19. The third-order valence-corrected chi connectivity index (χ3v) is 4.78. The lowest BCUT2D eigenvalue weighted by Crippen LogP contribution is -2.04. The molecule has 0 amide bonds. The average molecular weight is 367 g/mol. The molecule has 140 valence electrons. The number of esters is 1. The van der Waals surface area contributed by atoms with Crippen molar-refractivity contribution in [1.29, 1.82) is 0 Å². The fraction of sp³-hybridized carbons (Fsp3) is 0.619. The highest BCUT2D eigenvalue weighted by Crippen LogP contribution is 2.33. The summed E-state index contributed by atoms with van der Waals surface area (Å²) < 4.78 is 4.63. The van der Waals surface area contributed by atoms with E-state index in [1.807, 2.05) is 18.2 Å². The number of unbranched alkanes of at least 4 members (excludes halogenated alkanes) is 6. The second-order valence-corrected chi connectivity index (χ2v) is 6.93. The maximum absolute atomic E-state index is 12.2. The molecule has 0 fully saturated rings. The second kappa shape index (κ2) is 12.9. The molecule has 1 unspecified atom stereocenters. The molecule has 25 heavy (non-hydrogen) atoms. The molecule has 3 nitrogen and oxygen atoms in total. The Balaban J connectivity index is 2.37. The average Bonchev–Trinajstić information content (AvgIpc) is 2.88. The molecule has 1 aliphatic rings. The molecule has 0 aromatic heterocycles. The van der Waals surface area contributed by atoms with Gasteiger partial charge in [0.05, 0.1) is 12.1 Å². The van der Waals surface area contributed by atoms with Gasteiger partial charge in [0, 0.05) is 17.9 Å². The van der Waals surface area contributed by atoms with Crippen LogP contribution in [0.1, 0.15) is 71.1 Å². The molecule has 1 aliphatic carbocycles. The van der Waals surface area contributed by atoms with E-state index in [2.05, 4.69) is 17.7 Å². The normalized spacial score (nSPS) is 19.0. The molecule has 0 saturated carbocycles. The Hall–Kier alpha value is -1.35. The summed E-state index contributed by atoms with van der Waals surface area (Å²) in [7, 11) is 1.42. The second-order valence-electron chi connectivity index (χ2n) is 6.53. The van der Waals surface area contributed by atoms with E-state index in [-0.39, 0.29) is 17.7 Å². The van der Waals surface area contributed by atoms with Crippen LogP contribution < -0.4 is 0 Å². The third-order valence-electron chi connectivity index (χ3n) is 4.49. The van der Waals surface area contributed by atoms with Crippen LogP contribution in [0.3, 0.4) is 0 Å². The summed E-state index contributed by atoms with van der Waals surface area (Å²) in [5.41, 5.74) is 0.811. The number of rotatable bonds is 12. The molecule has 0 N–H and O–H groups in total. The van der Waals surface area contributed by atoms with Gasteiger partial charge in [0.15, 0.2) is 0 Å². The van der Waals surface area contributed by atoms with Gasteiger partial charge in [-0.05, 0) is 25.7 Å². The Morgan fingerprint density at radius 3 is 2.68 bits per heavy atom. The first kappa shape index (κ1) is 21.7. The van der Waals surface area contributed by atoms with Crippen LogP contribution in [0, 0.1) is 5.92 Å². The zero-order chi connectivity index (χ0) is 18.5. The quantitative estimate of drug-likeness (QED) is 0.246. The van der Waals surface area contributed by atoms with Crippen LogP contribution in [-0.4, -0.2) is 18.9 Å². The van der Waals surface area contributed by atoms with Gasteiger partial charge in [-0.1, -0.05) is 74.9 Å². The minimum atomic E-state index is -0.146. The monoisotopic (exact) mass is 366 g/mol. The van der Waals surface area contributed by atoms with Gasteiger partial charge in [-0.15, -0.1) is 0 Å². The number of ether oxygens (including phenoxy) is 1. The number of Topliss-reactive ketones (excluding diaryl/α,β-unsaturated/α-hetero) is 1. The summed E-state index contributed by atoms with van der Waals surface area (Å²) >= 11 is 6.04. The van der Waals surface area contributed by atoms with Gasteiger partial charge in [-0.3, -0.25) is 9.59 Å². The van der Waals surface area contributed by atoms with E-state index >= 15 is 0 Å². The Bertz CT molecular complexity index is 517. The largest absolute Gasteiger partial charge is 0.469 e. The first-order valence-electron chi connectivity index (χ1n) is 9.45. The van der Waals surface area contributed by atoms with Crippen molar-refractivity contribution in [2.75, 3.05) is 7.11 Å². The number of hydrogen-bond acceptors (Lipinski definition) is 3. The molecule has 0 spiro atoms. The van der Waals surface area contributed by atoms with Crippen molar-refractivity contribution < 1.29 is 14.3 Å². The van der Waals surface area contributed by atoms with Crippen LogP contribution in [0.5, 0.6) is 0 Å². The number of hydrogen-bond donors (Lipinski definition) is 0. The highest BCUT2D eigenvalue weighted by molar-refractivity contribution is 6.46. The van der Waals surface area contributed by atoms with Gasteiger partial charge < -0.3 is 4.74 Å². The molecule has 0 radical (unpaired) electrons. The zero-order valence-electron chi connectivity index (χ0n) is 15.6. The van der Waals surface area contributed by atoms with Gasteiger partial charge in [-0.25, -0.2) is 0 Å². The van der Waals surface area contributed by atoms with Gasteiger partial charge in [-0.2, -0.15) is 0 Å². The van der Waals surface area contributed by atoms with Crippen molar-refractivity contribution in [2.45, 2.75) is 71.1 Å².